The molecule has 0 fully saturated rings. The SMILES string of the molecule is CC(C)Oc1ccc(CNC(=O)CSCc2c(F)cccc2Cl)cc1. The van der Waals surface area contributed by atoms with Gasteiger partial charge in [-0.2, -0.15) is 0 Å². The molecule has 25 heavy (non-hydrogen) atoms. The van der Waals surface area contributed by atoms with Gasteiger partial charge in [-0.15, -0.1) is 11.8 Å². The van der Waals surface area contributed by atoms with Crippen LogP contribution in [0.5, 0.6) is 5.75 Å². The Morgan fingerprint density at radius 1 is 1.24 bits per heavy atom. The molecule has 0 aromatic heterocycles. The van der Waals surface area contributed by atoms with Gasteiger partial charge in [0.05, 0.1) is 11.9 Å². The maximum Gasteiger partial charge on any atom is 0.230 e. The number of ether oxygens (including phenoxy) is 1. The number of hydrogen-bond acceptors (Lipinski definition) is 3. The highest BCUT2D eigenvalue weighted by molar-refractivity contribution is 7.99. The number of thioether (sulfide) groups is 1. The maximum absolute atomic E-state index is 13.6. The van der Waals surface area contributed by atoms with E-state index in [1.165, 1.54) is 17.8 Å². The lowest BCUT2D eigenvalue weighted by Gasteiger charge is -2.10. The summed E-state index contributed by atoms with van der Waals surface area (Å²) in [4.78, 5) is 11.9. The fourth-order valence-electron chi connectivity index (χ4n) is 2.13. The molecular weight excluding hydrogens is 361 g/mol. The van der Waals surface area contributed by atoms with Crippen molar-refractivity contribution in [1.82, 2.24) is 5.32 Å². The van der Waals surface area contributed by atoms with Crippen LogP contribution in [0.25, 0.3) is 0 Å². The Kier molecular flexibility index (Phi) is 7.59. The minimum Gasteiger partial charge on any atom is -0.491 e. The first-order valence-electron chi connectivity index (χ1n) is 7.98. The number of carbonyl (C=O) groups excluding carboxylic acids is 1. The molecule has 0 atom stereocenters. The first-order chi connectivity index (χ1) is 12.0. The van der Waals surface area contributed by atoms with Crippen LogP contribution in [0.4, 0.5) is 4.39 Å². The molecule has 1 amide bonds. The van der Waals surface area contributed by atoms with Crippen LogP contribution in [0.15, 0.2) is 42.5 Å². The number of hydrogen-bond donors (Lipinski definition) is 1. The van der Waals surface area contributed by atoms with Gasteiger partial charge in [0.2, 0.25) is 5.91 Å². The Bertz CT molecular complexity index is 687. The van der Waals surface area contributed by atoms with Gasteiger partial charge in [0.15, 0.2) is 0 Å². The number of halogens is 2. The van der Waals surface area contributed by atoms with Crippen molar-refractivity contribution in [2.24, 2.45) is 0 Å². The maximum atomic E-state index is 13.6. The van der Waals surface area contributed by atoms with E-state index in [4.69, 9.17) is 16.3 Å². The van der Waals surface area contributed by atoms with Gasteiger partial charge in [0, 0.05) is 22.9 Å². The van der Waals surface area contributed by atoms with E-state index in [0.717, 1.165) is 11.3 Å². The molecule has 0 spiro atoms. The highest BCUT2D eigenvalue weighted by Crippen LogP contribution is 2.23. The van der Waals surface area contributed by atoms with Gasteiger partial charge in [0.1, 0.15) is 11.6 Å². The third kappa shape index (κ3) is 6.59. The van der Waals surface area contributed by atoms with Crippen LogP contribution in [0, 0.1) is 5.82 Å². The Labute approximate surface area is 156 Å². The van der Waals surface area contributed by atoms with Crippen molar-refractivity contribution in [1.29, 1.82) is 0 Å². The zero-order chi connectivity index (χ0) is 18.2. The second kappa shape index (κ2) is 9.68. The van der Waals surface area contributed by atoms with E-state index in [9.17, 15) is 9.18 Å². The van der Waals surface area contributed by atoms with Crippen molar-refractivity contribution in [3.8, 4) is 5.75 Å². The summed E-state index contributed by atoms with van der Waals surface area (Å²) in [6.07, 6.45) is 0.130. The molecule has 2 aromatic carbocycles. The van der Waals surface area contributed by atoms with Crippen LogP contribution in [0.1, 0.15) is 25.0 Å². The van der Waals surface area contributed by atoms with Crippen LogP contribution in [0.2, 0.25) is 5.02 Å². The van der Waals surface area contributed by atoms with Crippen LogP contribution < -0.4 is 10.1 Å². The van der Waals surface area contributed by atoms with Crippen molar-refractivity contribution in [2.75, 3.05) is 5.75 Å². The molecular formula is C19H21ClFNO2S. The van der Waals surface area contributed by atoms with Gasteiger partial charge in [-0.25, -0.2) is 4.39 Å². The second-order valence-corrected chi connectivity index (χ2v) is 7.17. The molecule has 0 heterocycles. The third-order valence-corrected chi connectivity index (χ3v) is 4.64. The summed E-state index contributed by atoms with van der Waals surface area (Å²) in [7, 11) is 0. The quantitative estimate of drug-likeness (QED) is 0.712. The first kappa shape index (κ1) is 19.6. The van der Waals surface area contributed by atoms with E-state index in [2.05, 4.69) is 5.32 Å². The lowest BCUT2D eigenvalue weighted by atomic mass is 10.2. The van der Waals surface area contributed by atoms with Gasteiger partial charge < -0.3 is 10.1 Å². The van der Waals surface area contributed by atoms with Crippen LogP contribution in [0.3, 0.4) is 0 Å². The van der Waals surface area contributed by atoms with Crippen molar-refractivity contribution >= 4 is 29.3 Å². The molecule has 6 heteroatoms. The van der Waals surface area contributed by atoms with E-state index in [0.29, 0.717) is 22.9 Å². The van der Waals surface area contributed by atoms with Crippen LogP contribution in [-0.4, -0.2) is 17.8 Å². The molecule has 0 bridgehead atoms. The van der Waals surface area contributed by atoms with E-state index in [1.807, 2.05) is 38.1 Å². The predicted octanol–water partition coefficient (Wildman–Crippen LogP) is 4.82. The van der Waals surface area contributed by atoms with Crippen molar-refractivity contribution in [2.45, 2.75) is 32.2 Å². The minimum atomic E-state index is -0.343. The lowest BCUT2D eigenvalue weighted by Crippen LogP contribution is -2.24. The molecule has 0 aliphatic carbocycles. The van der Waals surface area contributed by atoms with Gasteiger partial charge in [0.25, 0.3) is 0 Å². The zero-order valence-corrected chi connectivity index (χ0v) is 15.8. The lowest BCUT2D eigenvalue weighted by molar-refractivity contribution is -0.118. The number of amides is 1. The Hall–Kier alpha value is -1.72. The molecule has 0 unspecified atom stereocenters. The smallest absolute Gasteiger partial charge is 0.230 e. The van der Waals surface area contributed by atoms with Crippen LogP contribution in [-0.2, 0) is 17.1 Å². The molecule has 2 aromatic rings. The van der Waals surface area contributed by atoms with E-state index < -0.39 is 0 Å². The molecule has 3 nitrogen and oxygen atoms in total. The fraction of sp³-hybridized carbons (Fsp3) is 0.316. The topological polar surface area (TPSA) is 38.3 Å². The third-order valence-electron chi connectivity index (χ3n) is 3.33. The Balaban J connectivity index is 1.73. The summed E-state index contributed by atoms with van der Waals surface area (Å²) in [6.45, 7) is 4.39. The summed E-state index contributed by atoms with van der Waals surface area (Å²) < 4.78 is 19.2. The monoisotopic (exact) mass is 381 g/mol. The Morgan fingerprint density at radius 2 is 1.96 bits per heavy atom. The molecule has 0 radical (unpaired) electrons. The van der Waals surface area contributed by atoms with Crippen LogP contribution >= 0.6 is 23.4 Å². The molecule has 0 aliphatic rings. The first-order valence-corrected chi connectivity index (χ1v) is 9.52. The highest BCUT2D eigenvalue weighted by atomic mass is 35.5. The standard InChI is InChI=1S/C19H21ClFNO2S/c1-13(2)24-15-8-6-14(7-9-15)10-22-19(23)12-25-11-16-17(20)4-3-5-18(16)21/h3-9,13H,10-12H2,1-2H3,(H,22,23). The summed E-state index contributed by atoms with van der Waals surface area (Å²) in [5, 5.41) is 3.23. The van der Waals surface area contributed by atoms with E-state index in [1.54, 1.807) is 12.1 Å². The molecule has 134 valence electrons. The molecule has 0 saturated carbocycles. The fourth-order valence-corrected chi connectivity index (χ4v) is 3.32. The summed E-state index contributed by atoms with van der Waals surface area (Å²) in [5.41, 5.74) is 1.43. The van der Waals surface area contributed by atoms with Gasteiger partial charge in [-0.05, 0) is 43.7 Å². The van der Waals surface area contributed by atoms with Crippen molar-refractivity contribution < 1.29 is 13.9 Å². The van der Waals surface area contributed by atoms with Crippen molar-refractivity contribution in [3.05, 3.63) is 64.4 Å². The Morgan fingerprint density at radius 3 is 2.60 bits per heavy atom. The van der Waals surface area contributed by atoms with Gasteiger partial charge in [-0.3, -0.25) is 4.79 Å². The molecule has 1 N–H and O–H groups in total. The van der Waals surface area contributed by atoms with E-state index in [-0.39, 0.29) is 23.6 Å². The average Bonchev–Trinajstić information content (AvgIpc) is 2.56. The number of rotatable bonds is 8. The minimum absolute atomic E-state index is 0.0973. The second-order valence-electron chi connectivity index (χ2n) is 5.78. The largest absolute Gasteiger partial charge is 0.491 e. The normalized spacial score (nSPS) is 10.8. The van der Waals surface area contributed by atoms with E-state index >= 15 is 0 Å². The predicted molar refractivity (Wildman–Crippen MR) is 102 cm³/mol. The number of carbonyl (C=O) groups is 1. The summed E-state index contributed by atoms with van der Waals surface area (Å²) in [6, 6.07) is 12.2. The van der Waals surface area contributed by atoms with Gasteiger partial charge >= 0.3 is 0 Å². The highest BCUT2D eigenvalue weighted by Gasteiger charge is 2.08. The zero-order valence-electron chi connectivity index (χ0n) is 14.2. The molecule has 0 saturated heterocycles. The molecule has 0 aliphatic heterocycles. The average molecular weight is 382 g/mol. The molecule has 2 rings (SSSR count). The summed E-state index contributed by atoms with van der Waals surface area (Å²) >= 11 is 7.30. The number of benzene rings is 2. The van der Waals surface area contributed by atoms with Gasteiger partial charge in [-0.1, -0.05) is 29.8 Å². The summed E-state index contributed by atoms with van der Waals surface area (Å²) in [5.74, 6) is 0.978. The number of nitrogens with one attached hydrogen (secondary N) is 1. The van der Waals surface area contributed by atoms with Crippen molar-refractivity contribution in [3.63, 3.8) is 0 Å².